The first-order valence-corrected chi connectivity index (χ1v) is 16.6. The van der Waals surface area contributed by atoms with Gasteiger partial charge in [0, 0.05) is 41.7 Å². The van der Waals surface area contributed by atoms with Crippen molar-refractivity contribution in [1.82, 2.24) is 29.5 Å². The summed E-state index contributed by atoms with van der Waals surface area (Å²) in [6.07, 6.45) is 4.92. The molecule has 2 aromatic carbocycles. The molecule has 43 heavy (non-hydrogen) atoms. The number of benzene rings is 2. The third-order valence-corrected chi connectivity index (χ3v) is 10.2. The number of aromatic nitrogens is 5. The second kappa shape index (κ2) is 12.4. The number of amides is 1. The number of aryl methyl sites for hydroxylation is 1. The predicted octanol–water partition coefficient (Wildman–Crippen LogP) is 7.74. The van der Waals surface area contributed by atoms with Gasteiger partial charge in [-0.25, -0.2) is 19.5 Å². The standard InChI is InChI=1S/C31H32N6O3S3/c1-6-8-22(7-2)36(4)30(38)20-11-9-19(10-12-20)28-32-21(17-41-28)16-40-26-14-23(39-5)13-24-27(26)43-29(33-24)25-15-37-31(34-25)42-18(3)35-37/h9-15,17,22H,6-8,16H2,1-5H3. The summed E-state index contributed by atoms with van der Waals surface area (Å²) in [5.41, 5.74) is 4.04. The van der Waals surface area contributed by atoms with Crippen molar-refractivity contribution >= 4 is 55.1 Å². The zero-order valence-electron chi connectivity index (χ0n) is 24.7. The molecule has 0 spiro atoms. The second-order valence-corrected chi connectivity index (χ2v) is 13.3. The van der Waals surface area contributed by atoms with Crippen LogP contribution in [0.3, 0.4) is 0 Å². The monoisotopic (exact) mass is 632 g/mol. The number of hydrogen-bond acceptors (Lipinski definition) is 10. The van der Waals surface area contributed by atoms with E-state index in [0.717, 1.165) is 66.4 Å². The van der Waals surface area contributed by atoms with Gasteiger partial charge in [-0.1, -0.05) is 43.7 Å². The molecule has 222 valence electrons. The van der Waals surface area contributed by atoms with E-state index < -0.39 is 0 Å². The zero-order chi connectivity index (χ0) is 30.1. The number of ether oxygens (including phenoxy) is 2. The Labute approximate surface area is 261 Å². The zero-order valence-corrected chi connectivity index (χ0v) is 27.1. The van der Waals surface area contributed by atoms with Crippen LogP contribution in [0.15, 0.2) is 48.0 Å². The van der Waals surface area contributed by atoms with Crippen LogP contribution in [0.25, 0.3) is 36.5 Å². The summed E-state index contributed by atoms with van der Waals surface area (Å²) in [5.74, 6) is 1.40. The minimum atomic E-state index is 0.0513. The molecular formula is C31H32N6O3S3. The summed E-state index contributed by atoms with van der Waals surface area (Å²) >= 11 is 4.63. The number of carbonyl (C=O) groups is 1. The fraction of sp³-hybridized carbons (Fsp3) is 0.323. The number of imidazole rings is 1. The van der Waals surface area contributed by atoms with Crippen LogP contribution in [-0.4, -0.2) is 55.6 Å². The van der Waals surface area contributed by atoms with E-state index in [1.807, 2.05) is 66.8 Å². The average molecular weight is 633 g/mol. The van der Waals surface area contributed by atoms with E-state index in [4.69, 9.17) is 24.4 Å². The lowest BCUT2D eigenvalue weighted by Gasteiger charge is -2.27. The minimum Gasteiger partial charge on any atom is -0.497 e. The Morgan fingerprint density at radius 1 is 1.07 bits per heavy atom. The number of carbonyl (C=O) groups excluding carboxylic acids is 1. The maximum Gasteiger partial charge on any atom is 0.253 e. The minimum absolute atomic E-state index is 0.0513. The van der Waals surface area contributed by atoms with Crippen LogP contribution in [0.5, 0.6) is 11.5 Å². The molecule has 0 aliphatic carbocycles. The normalized spacial score (nSPS) is 12.2. The molecule has 12 heteroatoms. The summed E-state index contributed by atoms with van der Waals surface area (Å²) < 4.78 is 14.5. The first-order chi connectivity index (χ1) is 20.9. The van der Waals surface area contributed by atoms with Gasteiger partial charge in [0.2, 0.25) is 4.96 Å². The maximum absolute atomic E-state index is 13.0. The van der Waals surface area contributed by atoms with E-state index in [1.165, 1.54) is 11.3 Å². The molecular weight excluding hydrogens is 601 g/mol. The van der Waals surface area contributed by atoms with Crippen LogP contribution < -0.4 is 9.47 Å². The van der Waals surface area contributed by atoms with E-state index in [-0.39, 0.29) is 11.9 Å². The molecule has 1 unspecified atom stereocenters. The molecule has 4 aromatic heterocycles. The lowest BCUT2D eigenvalue weighted by Crippen LogP contribution is -2.36. The largest absolute Gasteiger partial charge is 0.497 e. The quantitative estimate of drug-likeness (QED) is 0.144. The number of nitrogens with zero attached hydrogens (tertiary/aromatic N) is 6. The number of hydrogen-bond donors (Lipinski definition) is 0. The highest BCUT2D eigenvalue weighted by atomic mass is 32.1. The molecule has 0 bridgehead atoms. The summed E-state index contributed by atoms with van der Waals surface area (Å²) in [5, 5.41) is 9.10. The van der Waals surface area contributed by atoms with Crippen LogP contribution in [0.2, 0.25) is 0 Å². The Bertz CT molecular complexity index is 1860. The maximum atomic E-state index is 13.0. The number of thiazole rings is 2. The second-order valence-electron chi connectivity index (χ2n) is 10.2. The van der Waals surface area contributed by atoms with Crippen LogP contribution >= 0.6 is 34.0 Å². The summed E-state index contributed by atoms with van der Waals surface area (Å²) in [7, 11) is 3.53. The van der Waals surface area contributed by atoms with Crippen molar-refractivity contribution in [2.75, 3.05) is 14.2 Å². The molecule has 4 heterocycles. The van der Waals surface area contributed by atoms with Gasteiger partial charge in [0.15, 0.2) is 0 Å². The van der Waals surface area contributed by atoms with E-state index >= 15 is 0 Å². The van der Waals surface area contributed by atoms with Gasteiger partial charge in [-0.05, 0) is 31.9 Å². The lowest BCUT2D eigenvalue weighted by atomic mass is 10.1. The van der Waals surface area contributed by atoms with Crippen molar-refractivity contribution < 1.29 is 14.3 Å². The molecule has 0 aliphatic rings. The third-order valence-electron chi connectivity index (χ3n) is 7.30. The number of methoxy groups -OCH3 is 1. The van der Waals surface area contributed by atoms with Crippen molar-refractivity contribution in [2.45, 2.75) is 52.7 Å². The number of rotatable bonds is 11. The molecule has 1 amide bonds. The Morgan fingerprint density at radius 2 is 1.88 bits per heavy atom. The van der Waals surface area contributed by atoms with Gasteiger partial charge < -0.3 is 14.4 Å². The number of fused-ring (bicyclic) bond motifs is 2. The van der Waals surface area contributed by atoms with Crippen LogP contribution in [0, 0.1) is 6.92 Å². The van der Waals surface area contributed by atoms with Gasteiger partial charge in [0.1, 0.15) is 38.8 Å². The molecule has 0 saturated carbocycles. The summed E-state index contributed by atoms with van der Waals surface area (Å²) in [6, 6.07) is 11.7. The highest BCUT2D eigenvalue weighted by molar-refractivity contribution is 7.22. The Morgan fingerprint density at radius 3 is 2.60 bits per heavy atom. The van der Waals surface area contributed by atoms with Crippen LogP contribution in [0.1, 0.15) is 54.2 Å². The molecule has 9 nitrogen and oxygen atoms in total. The van der Waals surface area contributed by atoms with Gasteiger partial charge in [0.25, 0.3) is 5.91 Å². The van der Waals surface area contributed by atoms with Crippen molar-refractivity contribution in [3.05, 3.63) is 64.2 Å². The van der Waals surface area contributed by atoms with Crippen molar-refractivity contribution in [3.63, 3.8) is 0 Å². The molecule has 6 rings (SSSR count). The SMILES string of the molecule is CCCC(CC)N(C)C(=O)c1ccc(-c2nc(COc3cc(OC)cc4nc(-c5cn6nc(C)sc6n5)sc34)cs2)cc1. The predicted molar refractivity (Wildman–Crippen MR) is 174 cm³/mol. The van der Waals surface area contributed by atoms with Crippen LogP contribution in [-0.2, 0) is 6.61 Å². The van der Waals surface area contributed by atoms with Gasteiger partial charge in [0.05, 0.1) is 29.2 Å². The average Bonchev–Trinajstić information content (AvgIpc) is 3.81. The van der Waals surface area contributed by atoms with Gasteiger partial charge in [-0.2, -0.15) is 5.10 Å². The Kier molecular flexibility index (Phi) is 8.42. The van der Waals surface area contributed by atoms with Gasteiger partial charge in [-0.15, -0.1) is 22.7 Å². The molecule has 0 radical (unpaired) electrons. The van der Waals surface area contributed by atoms with Crippen LogP contribution in [0.4, 0.5) is 0 Å². The lowest BCUT2D eigenvalue weighted by molar-refractivity contribution is 0.0719. The van der Waals surface area contributed by atoms with Gasteiger partial charge >= 0.3 is 0 Å². The van der Waals surface area contributed by atoms with Gasteiger partial charge in [-0.3, -0.25) is 4.79 Å². The Hall–Kier alpha value is -3.87. The molecule has 0 N–H and O–H groups in total. The summed E-state index contributed by atoms with van der Waals surface area (Å²) in [4.78, 5) is 30.1. The third kappa shape index (κ3) is 5.99. The molecule has 6 aromatic rings. The first-order valence-electron chi connectivity index (χ1n) is 14.1. The highest BCUT2D eigenvalue weighted by Crippen LogP contribution is 2.39. The van der Waals surface area contributed by atoms with Crippen molar-refractivity contribution in [1.29, 1.82) is 0 Å². The first kappa shape index (κ1) is 29.2. The topological polar surface area (TPSA) is 94.7 Å². The van der Waals surface area contributed by atoms with Crippen molar-refractivity contribution in [3.8, 4) is 32.8 Å². The van der Waals surface area contributed by atoms with Crippen molar-refractivity contribution in [2.24, 2.45) is 0 Å². The fourth-order valence-corrected chi connectivity index (χ4v) is 7.50. The van der Waals surface area contributed by atoms with E-state index in [1.54, 1.807) is 34.3 Å². The molecule has 1 atom stereocenters. The smallest absolute Gasteiger partial charge is 0.253 e. The van der Waals surface area contributed by atoms with E-state index in [0.29, 0.717) is 23.7 Å². The van der Waals surface area contributed by atoms with E-state index in [2.05, 4.69) is 18.9 Å². The molecule has 0 saturated heterocycles. The molecule has 0 fully saturated rings. The van der Waals surface area contributed by atoms with E-state index in [9.17, 15) is 4.79 Å². The molecule has 0 aliphatic heterocycles. The Balaban J connectivity index is 1.17. The fourth-order valence-electron chi connectivity index (χ4n) is 5.00. The summed E-state index contributed by atoms with van der Waals surface area (Å²) in [6.45, 7) is 6.54. The highest BCUT2D eigenvalue weighted by Gasteiger charge is 2.20.